The van der Waals surface area contributed by atoms with Gasteiger partial charge in [-0.25, -0.2) is 4.79 Å². The molecular weight excluding hydrogens is 281 g/mol. The zero-order valence-electron chi connectivity index (χ0n) is 10.3. The lowest BCUT2D eigenvalue weighted by atomic mass is 10.0. The maximum Gasteiger partial charge on any atom is 0.413 e. The van der Waals surface area contributed by atoms with E-state index in [9.17, 15) is 18.0 Å². The summed E-state index contributed by atoms with van der Waals surface area (Å²) < 4.78 is 43.0. The minimum atomic E-state index is -4.60. The Morgan fingerprint density at radius 3 is 2.21 bits per heavy atom. The van der Waals surface area contributed by atoms with Crippen LogP contribution in [0.15, 0.2) is 29.8 Å². The van der Waals surface area contributed by atoms with Gasteiger partial charge in [0, 0.05) is 10.6 Å². The van der Waals surface area contributed by atoms with Crippen LogP contribution in [0.5, 0.6) is 0 Å². The molecule has 0 aliphatic heterocycles. The van der Waals surface area contributed by atoms with E-state index in [1.807, 2.05) is 0 Å². The van der Waals surface area contributed by atoms with Crippen molar-refractivity contribution in [3.8, 4) is 0 Å². The summed E-state index contributed by atoms with van der Waals surface area (Å²) in [5, 5.41) is 0.372. The Morgan fingerprint density at radius 1 is 1.26 bits per heavy atom. The average molecular weight is 293 g/mol. The monoisotopic (exact) mass is 292 g/mol. The first-order valence-electron chi connectivity index (χ1n) is 5.48. The van der Waals surface area contributed by atoms with E-state index in [0.717, 1.165) is 6.92 Å². The summed E-state index contributed by atoms with van der Waals surface area (Å²) in [5.74, 6) is -1.00. The van der Waals surface area contributed by atoms with Crippen molar-refractivity contribution in [2.75, 3.05) is 6.61 Å². The molecular formula is C13H12ClF3O2. The average Bonchev–Trinajstić information content (AvgIpc) is 2.31. The van der Waals surface area contributed by atoms with Crippen LogP contribution < -0.4 is 0 Å². The molecule has 0 amide bonds. The van der Waals surface area contributed by atoms with Crippen molar-refractivity contribution in [3.05, 3.63) is 40.4 Å². The van der Waals surface area contributed by atoms with Crippen molar-refractivity contribution in [1.82, 2.24) is 0 Å². The second-order valence-corrected chi connectivity index (χ2v) is 4.16. The Morgan fingerprint density at radius 2 is 1.79 bits per heavy atom. The fourth-order valence-corrected chi connectivity index (χ4v) is 1.57. The maximum absolute atomic E-state index is 12.8. The van der Waals surface area contributed by atoms with Gasteiger partial charge in [-0.3, -0.25) is 0 Å². The molecule has 0 heterocycles. The van der Waals surface area contributed by atoms with E-state index in [0.29, 0.717) is 5.02 Å². The molecule has 104 valence electrons. The number of hydrogen-bond donors (Lipinski definition) is 0. The third kappa shape index (κ3) is 3.99. The second-order valence-electron chi connectivity index (χ2n) is 3.73. The lowest BCUT2D eigenvalue weighted by Crippen LogP contribution is -2.17. The van der Waals surface area contributed by atoms with E-state index in [-0.39, 0.29) is 12.2 Å². The number of alkyl halides is 3. The number of allylic oxidation sites excluding steroid dienone is 1. The highest BCUT2D eigenvalue weighted by Crippen LogP contribution is 2.33. The molecule has 0 aliphatic carbocycles. The van der Waals surface area contributed by atoms with Crippen LogP contribution in [0.3, 0.4) is 0 Å². The summed E-state index contributed by atoms with van der Waals surface area (Å²) in [6.07, 6.45) is -4.60. The molecule has 0 radical (unpaired) electrons. The number of halogens is 4. The number of rotatable bonds is 3. The van der Waals surface area contributed by atoms with Gasteiger partial charge in [0.25, 0.3) is 0 Å². The summed E-state index contributed by atoms with van der Waals surface area (Å²) in [7, 11) is 0. The first-order valence-corrected chi connectivity index (χ1v) is 5.86. The molecule has 19 heavy (non-hydrogen) atoms. The van der Waals surface area contributed by atoms with Crippen LogP contribution in [0.4, 0.5) is 13.2 Å². The van der Waals surface area contributed by atoms with E-state index >= 15 is 0 Å². The third-order valence-corrected chi connectivity index (χ3v) is 2.66. The standard InChI is InChI=1S/C13H12ClF3O2/c1-3-19-12(18)11(8(2)13(15,16)17)9-4-6-10(14)7-5-9/h4-7H,3H2,1-2H3/b11-8+. The van der Waals surface area contributed by atoms with Gasteiger partial charge < -0.3 is 4.74 Å². The first-order chi connectivity index (χ1) is 8.77. The van der Waals surface area contributed by atoms with Gasteiger partial charge in [-0.2, -0.15) is 13.2 Å². The SMILES string of the molecule is CCOC(=O)/C(=C(\C)C(F)(F)F)c1ccc(Cl)cc1. The summed E-state index contributed by atoms with van der Waals surface area (Å²) in [6.45, 7) is 2.38. The van der Waals surface area contributed by atoms with Gasteiger partial charge in [0.2, 0.25) is 0 Å². The van der Waals surface area contributed by atoms with Crippen LogP contribution in [0, 0.1) is 0 Å². The molecule has 6 heteroatoms. The van der Waals surface area contributed by atoms with Crippen LogP contribution in [0.2, 0.25) is 5.02 Å². The topological polar surface area (TPSA) is 26.3 Å². The van der Waals surface area contributed by atoms with E-state index in [1.54, 1.807) is 0 Å². The highest BCUT2D eigenvalue weighted by Gasteiger charge is 2.35. The van der Waals surface area contributed by atoms with E-state index < -0.39 is 23.3 Å². The molecule has 0 bridgehead atoms. The third-order valence-electron chi connectivity index (χ3n) is 2.41. The number of carbonyl (C=O) groups is 1. The van der Waals surface area contributed by atoms with Crippen LogP contribution >= 0.6 is 11.6 Å². The lowest BCUT2D eigenvalue weighted by Gasteiger charge is -2.14. The van der Waals surface area contributed by atoms with Crippen LogP contribution in [0.25, 0.3) is 5.57 Å². The number of benzene rings is 1. The van der Waals surface area contributed by atoms with Crippen LogP contribution in [-0.4, -0.2) is 18.8 Å². The van der Waals surface area contributed by atoms with Crippen molar-refractivity contribution in [1.29, 1.82) is 0 Å². The maximum atomic E-state index is 12.8. The summed E-state index contributed by atoms with van der Waals surface area (Å²) in [6, 6.07) is 5.53. The predicted molar refractivity (Wildman–Crippen MR) is 66.7 cm³/mol. The predicted octanol–water partition coefficient (Wildman–Crippen LogP) is 4.24. The first kappa shape index (κ1) is 15.6. The summed E-state index contributed by atoms with van der Waals surface area (Å²) in [5.41, 5.74) is -1.36. The van der Waals surface area contributed by atoms with Crippen molar-refractivity contribution in [2.24, 2.45) is 0 Å². The van der Waals surface area contributed by atoms with Gasteiger partial charge in [0.15, 0.2) is 0 Å². The zero-order valence-corrected chi connectivity index (χ0v) is 11.1. The van der Waals surface area contributed by atoms with Crippen molar-refractivity contribution >= 4 is 23.1 Å². The summed E-state index contributed by atoms with van der Waals surface area (Å²) >= 11 is 5.67. The van der Waals surface area contributed by atoms with Gasteiger partial charge in [-0.15, -0.1) is 0 Å². The minimum absolute atomic E-state index is 0.00105. The highest BCUT2D eigenvalue weighted by atomic mass is 35.5. The number of esters is 1. The number of ether oxygens (including phenoxy) is 1. The molecule has 0 atom stereocenters. The molecule has 1 aromatic rings. The Bertz CT molecular complexity index is 490. The van der Waals surface area contributed by atoms with Gasteiger partial charge in [-0.1, -0.05) is 23.7 Å². The second kappa shape index (κ2) is 6.10. The smallest absolute Gasteiger partial charge is 0.413 e. The van der Waals surface area contributed by atoms with Gasteiger partial charge in [0.05, 0.1) is 12.2 Å². The number of carbonyl (C=O) groups excluding carboxylic acids is 1. The zero-order chi connectivity index (χ0) is 14.6. The van der Waals surface area contributed by atoms with E-state index in [1.165, 1.54) is 31.2 Å². The molecule has 1 aromatic carbocycles. The van der Waals surface area contributed by atoms with Crippen molar-refractivity contribution in [2.45, 2.75) is 20.0 Å². The van der Waals surface area contributed by atoms with Crippen molar-refractivity contribution in [3.63, 3.8) is 0 Å². The van der Waals surface area contributed by atoms with Gasteiger partial charge in [-0.05, 0) is 31.5 Å². The number of hydrogen-bond acceptors (Lipinski definition) is 2. The fraction of sp³-hybridized carbons (Fsp3) is 0.308. The molecule has 0 saturated heterocycles. The fourth-order valence-electron chi connectivity index (χ4n) is 1.45. The minimum Gasteiger partial charge on any atom is -0.462 e. The molecule has 0 unspecified atom stereocenters. The lowest BCUT2D eigenvalue weighted by molar-refractivity contribution is -0.136. The molecule has 0 aliphatic rings. The largest absolute Gasteiger partial charge is 0.462 e. The molecule has 0 aromatic heterocycles. The van der Waals surface area contributed by atoms with Gasteiger partial charge >= 0.3 is 12.1 Å². The Hall–Kier alpha value is -1.49. The highest BCUT2D eigenvalue weighted by molar-refractivity contribution is 6.30. The van der Waals surface area contributed by atoms with Crippen molar-refractivity contribution < 1.29 is 22.7 Å². The Balaban J connectivity index is 3.36. The quantitative estimate of drug-likeness (QED) is 0.615. The molecule has 1 rings (SSSR count). The molecule has 0 saturated carbocycles. The van der Waals surface area contributed by atoms with Gasteiger partial charge in [0.1, 0.15) is 0 Å². The molecule has 2 nitrogen and oxygen atoms in total. The normalized spacial score (nSPS) is 12.9. The Labute approximate surface area is 113 Å². The molecule has 0 fully saturated rings. The molecule has 0 spiro atoms. The summed E-state index contributed by atoms with van der Waals surface area (Å²) in [4.78, 5) is 11.7. The van der Waals surface area contributed by atoms with Crippen LogP contribution in [-0.2, 0) is 9.53 Å². The Kier molecular flexibility index (Phi) is 5.00. The van der Waals surface area contributed by atoms with E-state index in [2.05, 4.69) is 4.74 Å². The van der Waals surface area contributed by atoms with E-state index in [4.69, 9.17) is 11.6 Å². The molecule has 0 N–H and O–H groups in total. The van der Waals surface area contributed by atoms with Crippen LogP contribution in [0.1, 0.15) is 19.4 Å².